The molecule has 7 heteroatoms. The van der Waals surface area contributed by atoms with Crippen LogP contribution in [0.1, 0.15) is 18.5 Å². The summed E-state index contributed by atoms with van der Waals surface area (Å²) in [6.07, 6.45) is 0. The second-order valence-electron chi connectivity index (χ2n) is 4.49. The second kappa shape index (κ2) is 5.74. The third-order valence-electron chi connectivity index (χ3n) is 2.98. The first-order valence-electron chi connectivity index (χ1n) is 6.07. The Kier molecular flexibility index (Phi) is 4.02. The van der Waals surface area contributed by atoms with Crippen LogP contribution in [0.15, 0.2) is 36.4 Å². The highest BCUT2D eigenvalue weighted by molar-refractivity contribution is 5.62. The number of hydrogen-bond donors (Lipinski definition) is 2. The van der Waals surface area contributed by atoms with E-state index in [1.165, 1.54) is 6.07 Å². The summed E-state index contributed by atoms with van der Waals surface area (Å²) < 4.78 is 26.4. The first-order valence-corrected chi connectivity index (χ1v) is 6.07. The van der Waals surface area contributed by atoms with Gasteiger partial charge in [0.2, 0.25) is 0 Å². The van der Waals surface area contributed by atoms with E-state index in [1.807, 2.05) is 0 Å². The number of aromatic hydroxyl groups is 1. The molecule has 0 radical (unpaired) electrons. The number of nitro benzene ring substituents is 1. The molecule has 110 valence electrons. The van der Waals surface area contributed by atoms with E-state index in [0.717, 1.165) is 30.3 Å². The molecule has 21 heavy (non-hydrogen) atoms. The van der Waals surface area contributed by atoms with Gasteiger partial charge in [-0.2, -0.15) is 0 Å². The molecule has 0 heterocycles. The van der Waals surface area contributed by atoms with Gasteiger partial charge in [-0.15, -0.1) is 0 Å². The van der Waals surface area contributed by atoms with E-state index in [-0.39, 0.29) is 22.7 Å². The lowest BCUT2D eigenvalue weighted by molar-refractivity contribution is -0.384. The highest BCUT2D eigenvalue weighted by Crippen LogP contribution is 2.32. The van der Waals surface area contributed by atoms with Crippen molar-refractivity contribution < 1.29 is 18.8 Å². The maximum atomic E-state index is 13.2. The molecule has 0 aliphatic heterocycles. The zero-order valence-electron chi connectivity index (χ0n) is 11.0. The van der Waals surface area contributed by atoms with Crippen LogP contribution in [0.4, 0.5) is 20.2 Å². The molecule has 0 bridgehead atoms. The molecule has 0 amide bonds. The number of phenolic OH excluding ortho intramolecular Hbond substituents is 1. The molecule has 0 aliphatic carbocycles. The first kappa shape index (κ1) is 14.7. The topological polar surface area (TPSA) is 75.4 Å². The number of nitrogens with zero attached hydrogens (tertiary/aromatic N) is 1. The molecule has 0 saturated carbocycles. The highest BCUT2D eigenvalue weighted by Gasteiger charge is 2.18. The molecular weight excluding hydrogens is 282 g/mol. The third-order valence-corrected chi connectivity index (χ3v) is 2.98. The van der Waals surface area contributed by atoms with Crippen LogP contribution < -0.4 is 5.32 Å². The molecule has 0 aliphatic rings. The van der Waals surface area contributed by atoms with E-state index in [4.69, 9.17) is 0 Å². The monoisotopic (exact) mass is 294 g/mol. The van der Waals surface area contributed by atoms with Gasteiger partial charge in [0, 0.05) is 17.7 Å². The fourth-order valence-corrected chi connectivity index (χ4v) is 1.97. The molecule has 2 N–H and O–H groups in total. The van der Waals surface area contributed by atoms with Crippen molar-refractivity contribution in [3.8, 4) is 5.75 Å². The number of benzene rings is 2. The van der Waals surface area contributed by atoms with E-state index in [9.17, 15) is 24.0 Å². The van der Waals surface area contributed by atoms with Gasteiger partial charge in [-0.05, 0) is 31.2 Å². The number of anilines is 1. The maximum absolute atomic E-state index is 13.2. The SMILES string of the molecule is CC(Nc1cc(F)ccc1[N+](=O)[O-])c1cc(F)ccc1O. The van der Waals surface area contributed by atoms with Gasteiger partial charge < -0.3 is 10.4 Å². The molecule has 2 rings (SSSR count). The van der Waals surface area contributed by atoms with Crippen molar-refractivity contribution in [3.63, 3.8) is 0 Å². The van der Waals surface area contributed by atoms with Crippen molar-refractivity contribution in [2.24, 2.45) is 0 Å². The van der Waals surface area contributed by atoms with Gasteiger partial charge in [0.25, 0.3) is 5.69 Å². The van der Waals surface area contributed by atoms with Gasteiger partial charge in [-0.1, -0.05) is 0 Å². The zero-order chi connectivity index (χ0) is 15.6. The Bertz CT molecular complexity index is 692. The van der Waals surface area contributed by atoms with Crippen LogP contribution in [-0.2, 0) is 0 Å². The average Bonchev–Trinajstić information content (AvgIpc) is 2.41. The average molecular weight is 294 g/mol. The molecular formula is C14H12F2N2O3. The standard InChI is InChI=1S/C14H12F2N2O3/c1-8(11-6-9(15)3-5-14(11)19)17-12-7-10(16)2-4-13(12)18(20)21/h2-8,17,19H,1H3. The fourth-order valence-electron chi connectivity index (χ4n) is 1.97. The van der Waals surface area contributed by atoms with Gasteiger partial charge >= 0.3 is 0 Å². The Hall–Kier alpha value is -2.70. The molecule has 2 aromatic rings. The molecule has 5 nitrogen and oxygen atoms in total. The second-order valence-corrected chi connectivity index (χ2v) is 4.49. The summed E-state index contributed by atoms with van der Waals surface area (Å²) in [6, 6.07) is 5.73. The van der Waals surface area contributed by atoms with Crippen molar-refractivity contribution >= 4 is 11.4 Å². The zero-order valence-corrected chi connectivity index (χ0v) is 11.0. The van der Waals surface area contributed by atoms with Crippen molar-refractivity contribution in [3.05, 3.63) is 63.7 Å². The van der Waals surface area contributed by atoms with Crippen molar-refractivity contribution in [2.45, 2.75) is 13.0 Å². The van der Waals surface area contributed by atoms with Gasteiger partial charge in [0.15, 0.2) is 0 Å². The number of nitro groups is 1. The molecule has 2 aromatic carbocycles. The number of nitrogens with one attached hydrogen (secondary N) is 1. The minimum Gasteiger partial charge on any atom is -0.508 e. The Morgan fingerprint density at radius 3 is 2.48 bits per heavy atom. The van der Waals surface area contributed by atoms with E-state index >= 15 is 0 Å². The van der Waals surface area contributed by atoms with Crippen LogP contribution >= 0.6 is 0 Å². The Balaban J connectivity index is 2.35. The van der Waals surface area contributed by atoms with Crippen molar-refractivity contribution in [1.29, 1.82) is 0 Å². The number of halogens is 2. The van der Waals surface area contributed by atoms with Crippen LogP contribution in [0.5, 0.6) is 5.75 Å². The van der Waals surface area contributed by atoms with Gasteiger partial charge in [-0.3, -0.25) is 10.1 Å². The predicted octanol–water partition coefficient (Wildman–Crippen LogP) is 3.75. The smallest absolute Gasteiger partial charge is 0.292 e. The summed E-state index contributed by atoms with van der Waals surface area (Å²) in [6.45, 7) is 1.57. The van der Waals surface area contributed by atoms with Crippen LogP contribution in [0.3, 0.4) is 0 Å². The number of hydrogen-bond acceptors (Lipinski definition) is 4. The lowest BCUT2D eigenvalue weighted by Gasteiger charge is -2.17. The van der Waals surface area contributed by atoms with Crippen LogP contribution in [0.25, 0.3) is 0 Å². The lowest BCUT2D eigenvalue weighted by atomic mass is 10.1. The summed E-state index contributed by atoms with van der Waals surface area (Å²) in [4.78, 5) is 10.3. The van der Waals surface area contributed by atoms with Crippen LogP contribution in [0.2, 0.25) is 0 Å². The van der Waals surface area contributed by atoms with Crippen LogP contribution in [-0.4, -0.2) is 10.0 Å². The molecule has 0 fully saturated rings. The molecule has 1 atom stereocenters. The Morgan fingerprint density at radius 2 is 1.81 bits per heavy atom. The normalized spacial score (nSPS) is 12.0. The number of phenols is 1. The van der Waals surface area contributed by atoms with E-state index < -0.39 is 22.6 Å². The van der Waals surface area contributed by atoms with Gasteiger partial charge in [0.05, 0.1) is 11.0 Å². The summed E-state index contributed by atoms with van der Waals surface area (Å²) >= 11 is 0. The summed E-state index contributed by atoms with van der Waals surface area (Å²) in [5, 5.41) is 23.3. The molecule has 0 saturated heterocycles. The van der Waals surface area contributed by atoms with E-state index in [1.54, 1.807) is 6.92 Å². The summed E-state index contributed by atoms with van der Waals surface area (Å²) in [7, 11) is 0. The summed E-state index contributed by atoms with van der Waals surface area (Å²) in [5.41, 5.74) is -0.135. The van der Waals surface area contributed by atoms with Crippen LogP contribution in [0, 0.1) is 21.7 Å². The third kappa shape index (κ3) is 3.25. The van der Waals surface area contributed by atoms with Gasteiger partial charge in [0.1, 0.15) is 23.1 Å². The minimum atomic E-state index is -0.653. The number of rotatable bonds is 4. The van der Waals surface area contributed by atoms with Crippen molar-refractivity contribution in [1.82, 2.24) is 0 Å². The van der Waals surface area contributed by atoms with E-state index in [2.05, 4.69) is 5.32 Å². The quantitative estimate of drug-likeness (QED) is 0.665. The largest absolute Gasteiger partial charge is 0.508 e. The lowest BCUT2D eigenvalue weighted by Crippen LogP contribution is -2.09. The van der Waals surface area contributed by atoms with E-state index in [0.29, 0.717) is 0 Å². The maximum Gasteiger partial charge on any atom is 0.292 e. The summed E-state index contributed by atoms with van der Waals surface area (Å²) in [5.74, 6) is -1.35. The van der Waals surface area contributed by atoms with Crippen molar-refractivity contribution in [2.75, 3.05) is 5.32 Å². The Morgan fingerprint density at radius 1 is 1.19 bits per heavy atom. The molecule has 1 unspecified atom stereocenters. The molecule has 0 spiro atoms. The van der Waals surface area contributed by atoms with Gasteiger partial charge in [-0.25, -0.2) is 8.78 Å². The highest BCUT2D eigenvalue weighted by atomic mass is 19.1. The first-order chi connectivity index (χ1) is 9.88. The predicted molar refractivity (Wildman–Crippen MR) is 73.2 cm³/mol. The fraction of sp³-hybridized carbons (Fsp3) is 0.143. The minimum absolute atomic E-state index is 0.0452. The molecule has 0 aromatic heterocycles. The Labute approximate surface area is 119 Å².